The normalized spacial score (nSPS) is 14.3. The van der Waals surface area contributed by atoms with Gasteiger partial charge in [-0.2, -0.15) is 5.10 Å². The molecule has 1 heterocycles. The van der Waals surface area contributed by atoms with Crippen molar-refractivity contribution in [1.29, 1.82) is 0 Å². The van der Waals surface area contributed by atoms with Crippen LogP contribution in [0.15, 0.2) is 6.20 Å². The first-order valence-corrected chi connectivity index (χ1v) is 6.49. The number of hydrogen-bond acceptors (Lipinski definition) is 3. The smallest absolute Gasteiger partial charge is 0.236 e. The van der Waals surface area contributed by atoms with Crippen molar-refractivity contribution < 1.29 is 4.79 Å². The molecule has 18 heavy (non-hydrogen) atoms. The summed E-state index contributed by atoms with van der Waals surface area (Å²) >= 11 is 0. The van der Waals surface area contributed by atoms with E-state index < -0.39 is 0 Å². The van der Waals surface area contributed by atoms with Gasteiger partial charge in [-0.3, -0.25) is 14.8 Å². The van der Waals surface area contributed by atoms with Gasteiger partial charge in [0.25, 0.3) is 0 Å². The minimum atomic E-state index is -0.203. The number of nitrogens with one attached hydrogen (secondary N) is 2. The summed E-state index contributed by atoms with van der Waals surface area (Å²) in [5.41, 5.74) is 2.13. The molecule has 1 amide bonds. The summed E-state index contributed by atoms with van der Waals surface area (Å²) in [5, 5.41) is 10.5. The summed E-state index contributed by atoms with van der Waals surface area (Å²) in [6, 6.07) is -0.0905. The fourth-order valence-corrected chi connectivity index (χ4v) is 1.98. The standard InChI is InChI=1S/C13H24N4O/c1-6-7-14-13(18)11(4)15-9(2)12-8-17(5)16-10(12)3/h8-9,11,15H,6-7H2,1-5H3,(H,14,18). The number of nitrogens with zero attached hydrogens (tertiary/aromatic N) is 2. The highest BCUT2D eigenvalue weighted by molar-refractivity contribution is 5.81. The molecule has 0 spiro atoms. The second kappa shape index (κ2) is 6.54. The van der Waals surface area contributed by atoms with Crippen molar-refractivity contribution in [3.63, 3.8) is 0 Å². The molecule has 0 bridgehead atoms. The Morgan fingerprint density at radius 1 is 1.50 bits per heavy atom. The van der Waals surface area contributed by atoms with Gasteiger partial charge in [-0.25, -0.2) is 0 Å². The summed E-state index contributed by atoms with van der Waals surface area (Å²) in [7, 11) is 1.90. The molecular formula is C13H24N4O. The van der Waals surface area contributed by atoms with Crippen LogP contribution in [-0.4, -0.2) is 28.3 Å². The fraction of sp³-hybridized carbons (Fsp3) is 0.692. The van der Waals surface area contributed by atoms with Gasteiger partial charge in [0.05, 0.1) is 11.7 Å². The third-order valence-electron chi connectivity index (χ3n) is 2.96. The molecule has 0 aliphatic heterocycles. The van der Waals surface area contributed by atoms with Gasteiger partial charge in [0.1, 0.15) is 0 Å². The molecule has 0 fully saturated rings. The highest BCUT2D eigenvalue weighted by atomic mass is 16.2. The van der Waals surface area contributed by atoms with Gasteiger partial charge in [-0.15, -0.1) is 0 Å². The van der Waals surface area contributed by atoms with E-state index in [1.165, 1.54) is 0 Å². The Labute approximate surface area is 109 Å². The quantitative estimate of drug-likeness (QED) is 0.802. The lowest BCUT2D eigenvalue weighted by atomic mass is 10.1. The van der Waals surface area contributed by atoms with Gasteiger partial charge < -0.3 is 5.32 Å². The van der Waals surface area contributed by atoms with Crippen molar-refractivity contribution in [3.05, 3.63) is 17.5 Å². The van der Waals surface area contributed by atoms with E-state index in [0.717, 1.165) is 24.2 Å². The molecule has 0 aliphatic carbocycles. The fourth-order valence-electron chi connectivity index (χ4n) is 1.98. The lowest BCUT2D eigenvalue weighted by molar-refractivity contribution is -0.122. The first-order chi connectivity index (χ1) is 8.45. The molecule has 0 aromatic carbocycles. The number of carbonyl (C=O) groups excluding carboxylic acids is 1. The van der Waals surface area contributed by atoms with Crippen LogP contribution in [0.2, 0.25) is 0 Å². The van der Waals surface area contributed by atoms with Gasteiger partial charge in [0, 0.05) is 31.4 Å². The maximum Gasteiger partial charge on any atom is 0.236 e. The highest BCUT2D eigenvalue weighted by Crippen LogP contribution is 2.15. The van der Waals surface area contributed by atoms with Crippen molar-refractivity contribution >= 4 is 5.91 Å². The Balaban J connectivity index is 2.56. The molecule has 2 N–H and O–H groups in total. The Hall–Kier alpha value is -1.36. The zero-order chi connectivity index (χ0) is 13.7. The SMILES string of the molecule is CCCNC(=O)C(C)NC(C)c1cn(C)nc1C. The summed E-state index contributed by atoms with van der Waals surface area (Å²) in [6.07, 6.45) is 2.94. The van der Waals surface area contributed by atoms with E-state index in [0.29, 0.717) is 0 Å². The second-order valence-electron chi connectivity index (χ2n) is 4.74. The first kappa shape index (κ1) is 14.7. The third-order valence-corrected chi connectivity index (χ3v) is 2.96. The van der Waals surface area contributed by atoms with E-state index in [-0.39, 0.29) is 18.0 Å². The van der Waals surface area contributed by atoms with Crippen LogP contribution in [0.4, 0.5) is 0 Å². The summed E-state index contributed by atoms with van der Waals surface area (Å²) < 4.78 is 1.80. The first-order valence-electron chi connectivity index (χ1n) is 6.49. The molecular weight excluding hydrogens is 228 g/mol. The molecule has 1 aromatic heterocycles. The largest absolute Gasteiger partial charge is 0.355 e. The van der Waals surface area contributed by atoms with Crippen molar-refractivity contribution in [3.8, 4) is 0 Å². The Kier molecular flexibility index (Phi) is 5.34. The van der Waals surface area contributed by atoms with Gasteiger partial charge in [0.2, 0.25) is 5.91 Å². The Morgan fingerprint density at radius 2 is 2.17 bits per heavy atom. The van der Waals surface area contributed by atoms with Crippen LogP contribution in [0, 0.1) is 6.92 Å². The lowest BCUT2D eigenvalue weighted by Gasteiger charge is -2.19. The van der Waals surface area contributed by atoms with Gasteiger partial charge in [-0.1, -0.05) is 6.92 Å². The number of aromatic nitrogens is 2. The van der Waals surface area contributed by atoms with Crippen LogP contribution >= 0.6 is 0 Å². The molecule has 1 aromatic rings. The van der Waals surface area contributed by atoms with E-state index in [1.54, 1.807) is 4.68 Å². The van der Waals surface area contributed by atoms with E-state index in [1.807, 2.05) is 40.9 Å². The van der Waals surface area contributed by atoms with Crippen LogP contribution in [0.3, 0.4) is 0 Å². The number of aryl methyl sites for hydroxylation is 2. The zero-order valence-electron chi connectivity index (χ0n) is 11.9. The number of rotatable bonds is 6. The predicted octanol–water partition coefficient (Wildman–Crippen LogP) is 1.29. The van der Waals surface area contributed by atoms with E-state index in [2.05, 4.69) is 15.7 Å². The van der Waals surface area contributed by atoms with Gasteiger partial charge >= 0.3 is 0 Å². The molecule has 5 nitrogen and oxygen atoms in total. The summed E-state index contributed by atoms with van der Waals surface area (Å²) in [5.74, 6) is 0.0465. The van der Waals surface area contributed by atoms with Crippen LogP contribution in [0.1, 0.15) is 44.5 Å². The van der Waals surface area contributed by atoms with E-state index in [9.17, 15) is 4.79 Å². The van der Waals surface area contributed by atoms with Gasteiger partial charge in [-0.05, 0) is 27.2 Å². The summed E-state index contributed by atoms with van der Waals surface area (Å²) in [6.45, 7) is 8.68. The highest BCUT2D eigenvalue weighted by Gasteiger charge is 2.18. The molecule has 0 saturated heterocycles. The van der Waals surface area contributed by atoms with Crippen LogP contribution in [-0.2, 0) is 11.8 Å². The topological polar surface area (TPSA) is 59.0 Å². The predicted molar refractivity (Wildman–Crippen MR) is 72.3 cm³/mol. The zero-order valence-corrected chi connectivity index (χ0v) is 11.9. The average molecular weight is 252 g/mol. The number of hydrogen-bond donors (Lipinski definition) is 2. The van der Waals surface area contributed by atoms with Gasteiger partial charge in [0.15, 0.2) is 0 Å². The Bertz CT molecular complexity index is 400. The summed E-state index contributed by atoms with van der Waals surface area (Å²) in [4.78, 5) is 11.8. The molecule has 2 unspecified atom stereocenters. The average Bonchev–Trinajstić information content (AvgIpc) is 2.65. The van der Waals surface area contributed by atoms with Crippen LogP contribution < -0.4 is 10.6 Å². The van der Waals surface area contributed by atoms with E-state index in [4.69, 9.17) is 0 Å². The second-order valence-corrected chi connectivity index (χ2v) is 4.74. The van der Waals surface area contributed by atoms with Crippen molar-refractivity contribution in [1.82, 2.24) is 20.4 Å². The number of carbonyl (C=O) groups is 1. The minimum absolute atomic E-state index is 0.0465. The third kappa shape index (κ3) is 3.84. The molecule has 0 saturated carbocycles. The van der Waals surface area contributed by atoms with Crippen molar-refractivity contribution in [2.45, 2.75) is 46.2 Å². The molecule has 1 rings (SSSR count). The molecule has 102 valence electrons. The molecule has 5 heteroatoms. The monoisotopic (exact) mass is 252 g/mol. The van der Waals surface area contributed by atoms with Crippen molar-refractivity contribution in [2.24, 2.45) is 7.05 Å². The maximum absolute atomic E-state index is 11.8. The van der Waals surface area contributed by atoms with Crippen LogP contribution in [0.25, 0.3) is 0 Å². The van der Waals surface area contributed by atoms with Crippen molar-refractivity contribution in [2.75, 3.05) is 6.54 Å². The molecule has 0 aliphatic rings. The maximum atomic E-state index is 11.8. The lowest BCUT2D eigenvalue weighted by Crippen LogP contribution is -2.43. The van der Waals surface area contributed by atoms with Crippen LogP contribution in [0.5, 0.6) is 0 Å². The molecule has 0 radical (unpaired) electrons. The molecule has 2 atom stereocenters. The Morgan fingerprint density at radius 3 is 2.67 bits per heavy atom. The van der Waals surface area contributed by atoms with E-state index >= 15 is 0 Å². The number of amides is 1. The minimum Gasteiger partial charge on any atom is -0.355 e.